The van der Waals surface area contributed by atoms with Gasteiger partial charge in [0.05, 0.1) is 35.1 Å². The van der Waals surface area contributed by atoms with Gasteiger partial charge in [0.25, 0.3) is 0 Å². The molecule has 3 N–H and O–H groups in total. The molecule has 1 aliphatic rings. The van der Waals surface area contributed by atoms with Gasteiger partial charge in [-0.05, 0) is 55.7 Å². The van der Waals surface area contributed by atoms with E-state index in [4.69, 9.17) is 10.5 Å². The largest absolute Gasteiger partial charge is 0.465 e. The third-order valence-electron chi connectivity index (χ3n) is 5.47. The second kappa shape index (κ2) is 9.05. The summed E-state index contributed by atoms with van der Waals surface area (Å²) in [6.07, 6.45) is 2.93. The third kappa shape index (κ3) is 4.82. The molecule has 0 spiro atoms. The number of nitrogens with two attached hydrogens (primary N) is 1. The topological polar surface area (TPSA) is 116 Å². The number of nitrogens with one attached hydrogen (secondary N) is 1. The first-order chi connectivity index (χ1) is 15.7. The molecule has 1 saturated carbocycles. The lowest BCUT2D eigenvalue weighted by Gasteiger charge is -2.11. The lowest BCUT2D eigenvalue weighted by molar-refractivity contribution is 0.0601. The van der Waals surface area contributed by atoms with E-state index in [0.717, 1.165) is 12.8 Å². The van der Waals surface area contributed by atoms with E-state index in [1.165, 1.54) is 19.3 Å². The molecule has 10 heteroatoms. The number of ether oxygens (including phenoxy) is 1. The van der Waals surface area contributed by atoms with Gasteiger partial charge in [-0.25, -0.2) is 27.3 Å². The maximum atomic E-state index is 14.3. The van der Waals surface area contributed by atoms with Gasteiger partial charge in [-0.1, -0.05) is 12.1 Å². The highest BCUT2D eigenvalue weighted by Crippen LogP contribution is 2.33. The predicted octanol–water partition coefficient (Wildman–Crippen LogP) is 3.05. The van der Waals surface area contributed by atoms with E-state index >= 15 is 0 Å². The number of methoxy groups -OCH3 is 1. The van der Waals surface area contributed by atoms with Crippen molar-refractivity contribution in [3.8, 4) is 11.1 Å². The van der Waals surface area contributed by atoms with Crippen LogP contribution in [0.4, 0.5) is 4.39 Å². The zero-order valence-corrected chi connectivity index (χ0v) is 19.2. The van der Waals surface area contributed by atoms with Crippen LogP contribution in [-0.4, -0.2) is 43.6 Å². The second-order valence-electron chi connectivity index (χ2n) is 7.94. The summed E-state index contributed by atoms with van der Waals surface area (Å²) < 4.78 is 48.9. The summed E-state index contributed by atoms with van der Waals surface area (Å²) in [5, 5.41) is 0. The molecule has 1 aromatic heterocycles. The minimum absolute atomic E-state index is 0.0252. The van der Waals surface area contributed by atoms with Crippen LogP contribution >= 0.6 is 0 Å². The van der Waals surface area contributed by atoms with Gasteiger partial charge < -0.3 is 15.0 Å². The van der Waals surface area contributed by atoms with E-state index in [9.17, 15) is 17.6 Å². The van der Waals surface area contributed by atoms with E-state index in [1.807, 2.05) is 0 Å². The summed E-state index contributed by atoms with van der Waals surface area (Å²) in [6.45, 7) is 1.70. The molecule has 1 fully saturated rings. The molecule has 0 saturated heterocycles. The predicted molar refractivity (Wildman–Crippen MR) is 123 cm³/mol. The number of fused-ring (bicyclic) bond motifs is 1. The first-order valence-electron chi connectivity index (χ1n) is 10.5. The molecule has 2 aromatic carbocycles. The van der Waals surface area contributed by atoms with Crippen molar-refractivity contribution in [2.24, 2.45) is 5.73 Å². The summed E-state index contributed by atoms with van der Waals surface area (Å²) in [5.74, 6) is -0.460. The smallest absolute Gasteiger partial charge is 0.337 e. The molecule has 174 valence electrons. The maximum absolute atomic E-state index is 14.3. The third-order valence-corrected chi connectivity index (χ3v) is 6.99. The molecule has 33 heavy (non-hydrogen) atoms. The molecular formula is C23H25FN4O4S. The van der Waals surface area contributed by atoms with Crippen LogP contribution in [0, 0.1) is 6.92 Å². The van der Waals surface area contributed by atoms with Crippen LogP contribution in [0.2, 0.25) is 0 Å². The van der Waals surface area contributed by atoms with E-state index < -0.39 is 21.8 Å². The summed E-state index contributed by atoms with van der Waals surface area (Å²) in [7, 11) is -2.40. The Bertz CT molecular complexity index is 1360. The van der Waals surface area contributed by atoms with Crippen LogP contribution in [0.25, 0.3) is 22.2 Å². The number of rotatable bonds is 8. The van der Waals surface area contributed by atoms with Gasteiger partial charge in [0.2, 0.25) is 10.0 Å². The number of nitrogens with zero attached hydrogens (tertiary/aromatic N) is 2. The first kappa shape index (κ1) is 23.1. The van der Waals surface area contributed by atoms with E-state index in [2.05, 4.69) is 9.71 Å². The monoisotopic (exact) mass is 472 g/mol. The zero-order chi connectivity index (χ0) is 23.8. The molecule has 0 atom stereocenters. The van der Waals surface area contributed by atoms with Crippen molar-refractivity contribution in [2.75, 3.05) is 13.7 Å². The molecule has 0 radical (unpaired) electrons. The summed E-state index contributed by atoms with van der Waals surface area (Å²) in [5.41, 5.74) is 7.81. The molecular weight excluding hydrogens is 447 g/mol. The lowest BCUT2D eigenvalue weighted by atomic mass is 10.0. The molecule has 0 amide bonds. The van der Waals surface area contributed by atoms with Gasteiger partial charge in [-0.2, -0.15) is 0 Å². The second-order valence-corrected chi connectivity index (χ2v) is 9.65. The number of benzene rings is 2. The Kier molecular flexibility index (Phi) is 6.33. The van der Waals surface area contributed by atoms with Crippen molar-refractivity contribution >= 4 is 27.0 Å². The SMILES string of the molecule is COC(=O)c1cc(-c2cccc(S(=O)(=O)NC3CC3)c2)c2nc(C)n(C/C(F)=C/CN)c2c1. The number of aromatic nitrogens is 2. The van der Waals surface area contributed by atoms with Gasteiger partial charge >= 0.3 is 5.97 Å². The Labute approximate surface area is 191 Å². The number of halogens is 1. The Morgan fingerprint density at radius 2 is 2.09 bits per heavy atom. The molecule has 4 rings (SSSR count). The number of hydrogen-bond acceptors (Lipinski definition) is 6. The molecule has 1 aliphatic carbocycles. The quantitative estimate of drug-likeness (QED) is 0.487. The standard InChI is InChI=1S/C23H25FN4O4S/c1-14-26-22-20(15-4-3-5-19(10-15)33(30,31)27-18-6-7-18)11-16(23(29)32-2)12-21(22)28(14)13-17(24)8-9-25/h3-5,8,10-12,18,27H,6-7,9,13,25H2,1-2H3/b17-8-. The van der Waals surface area contributed by atoms with Crippen LogP contribution < -0.4 is 10.5 Å². The molecule has 0 bridgehead atoms. The Hall–Kier alpha value is -3.08. The molecule has 8 nitrogen and oxygen atoms in total. The molecule has 3 aromatic rings. The average Bonchev–Trinajstić information content (AvgIpc) is 3.54. The molecule has 1 heterocycles. The van der Waals surface area contributed by atoms with Crippen molar-refractivity contribution in [2.45, 2.75) is 37.2 Å². The highest BCUT2D eigenvalue weighted by Gasteiger charge is 2.28. The molecule has 0 unspecified atom stereocenters. The van der Waals surface area contributed by atoms with E-state index in [0.29, 0.717) is 28.0 Å². The van der Waals surface area contributed by atoms with Crippen LogP contribution in [-0.2, 0) is 21.3 Å². The fraction of sp³-hybridized carbons (Fsp3) is 0.304. The van der Waals surface area contributed by atoms with Gasteiger partial charge in [-0.3, -0.25) is 0 Å². The number of carbonyl (C=O) groups is 1. The number of aryl methyl sites for hydroxylation is 1. The van der Waals surface area contributed by atoms with Crippen LogP contribution in [0.15, 0.2) is 53.2 Å². The highest BCUT2D eigenvalue weighted by atomic mass is 32.2. The highest BCUT2D eigenvalue weighted by molar-refractivity contribution is 7.89. The van der Waals surface area contributed by atoms with Crippen LogP contribution in [0.3, 0.4) is 0 Å². The number of carbonyl (C=O) groups excluding carboxylic acids is 1. The zero-order valence-electron chi connectivity index (χ0n) is 18.3. The van der Waals surface area contributed by atoms with E-state index in [1.54, 1.807) is 41.8 Å². The van der Waals surface area contributed by atoms with Crippen LogP contribution in [0.1, 0.15) is 29.0 Å². The van der Waals surface area contributed by atoms with Gasteiger partial charge in [0.1, 0.15) is 11.7 Å². The Morgan fingerprint density at radius 1 is 1.33 bits per heavy atom. The van der Waals surface area contributed by atoms with Gasteiger partial charge in [0, 0.05) is 18.2 Å². The first-order valence-corrected chi connectivity index (χ1v) is 12.0. The number of sulfonamides is 1. The van der Waals surface area contributed by atoms with Crippen molar-refractivity contribution in [3.63, 3.8) is 0 Å². The van der Waals surface area contributed by atoms with Crippen molar-refractivity contribution in [3.05, 3.63) is 59.7 Å². The van der Waals surface area contributed by atoms with Crippen molar-refractivity contribution in [1.29, 1.82) is 0 Å². The molecule has 0 aliphatic heterocycles. The summed E-state index contributed by atoms with van der Waals surface area (Å²) >= 11 is 0. The fourth-order valence-corrected chi connectivity index (χ4v) is 5.01. The minimum atomic E-state index is -3.67. The maximum Gasteiger partial charge on any atom is 0.337 e. The lowest BCUT2D eigenvalue weighted by Crippen LogP contribution is -2.25. The average molecular weight is 473 g/mol. The summed E-state index contributed by atoms with van der Waals surface area (Å²) in [6, 6.07) is 9.63. The normalized spacial score (nSPS) is 14.6. The van der Waals surface area contributed by atoms with Gasteiger partial charge in [-0.15, -0.1) is 0 Å². The number of esters is 1. The minimum Gasteiger partial charge on any atom is -0.465 e. The number of allylic oxidation sites excluding steroid dienone is 1. The van der Waals surface area contributed by atoms with Crippen molar-refractivity contribution < 1.29 is 22.3 Å². The number of imidazole rings is 1. The Balaban J connectivity index is 1.89. The van der Waals surface area contributed by atoms with E-state index in [-0.39, 0.29) is 29.6 Å². The van der Waals surface area contributed by atoms with Crippen molar-refractivity contribution in [1.82, 2.24) is 14.3 Å². The summed E-state index contributed by atoms with van der Waals surface area (Å²) in [4.78, 5) is 17.1. The van der Waals surface area contributed by atoms with Crippen LogP contribution in [0.5, 0.6) is 0 Å². The van der Waals surface area contributed by atoms with Gasteiger partial charge in [0.15, 0.2) is 0 Å². The number of hydrogen-bond donors (Lipinski definition) is 2. The fourth-order valence-electron chi connectivity index (χ4n) is 3.66. The Morgan fingerprint density at radius 3 is 2.76 bits per heavy atom.